The van der Waals surface area contributed by atoms with Gasteiger partial charge in [0.1, 0.15) is 5.69 Å². The van der Waals surface area contributed by atoms with Crippen LogP contribution in [0.1, 0.15) is 36.2 Å². The van der Waals surface area contributed by atoms with E-state index < -0.39 is 0 Å². The first kappa shape index (κ1) is 13.3. The fourth-order valence-corrected chi connectivity index (χ4v) is 2.36. The lowest BCUT2D eigenvalue weighted by Crippen LogP contribution is -2.36. The summed E-state index contributed by atoms with van der Waals surface area (Å²) in [6.45, 7) is 0.504. The van der Waals surface area contributed by atoms with Crippen LogP contribution in [-0.2, 0) is 0 Å². The maximum absolute atomic E-state index is 11.8. The lowest BCUT2D eigenvalue weighted by atomic mass is 9.86. The number of carbonyl (C=O) groups excluding carboxylic acids is 1. The van der Waals surface area contributed by atoms with Crippen molar-refractivity contribution in [2.24, 2.45) is 5.92 Å². The number of hydrogen-bond donors (Lipinski definition) is 2. The van der Waals surface area contributed by atoms with Crippen molar-refractivity contribution in [2.45, 2.75) is 31.8 Å². The first-order chi connectivity index (χ1) is 8.66. The molecule has 1 amide bonds. The number of rotatable bonds is 3. The van der Waals surface area contributed by atoms with Gasteiger partial charge in [-0.05, 0) is 25.0 Å². The molecule has 1 aromatic rings. The number of nitrogens with zero attached hydrogens (tertiary/aromatic N) is 1. The molecule has 4 nitrogen and oxygen atoms in total. The van der Waals surface area contributed by atoms with E-state index in [1.165, 1.54) is 6.20 Å². The summed E-state index contributed by atoms with van der Waals surface area (Å²) >= 11 is 5.71. The summed E-state index contributed by atoms with van der Waals surface area (Å²) in [5.41, 5.74) is 0.352. The standard InChI is InChI=1S/C13H17ClN2O2/c14-10-5-6-11(15-8-10)13(18)16-7-9-3-1-2-4-12(9)17/h5-6,8-9,12,17H,1-4,7H2,(H,16,18). The van der Waals surface area contributed by atoms with Crippen molar-refractivity contribution in [3.05, 3.63) is 29.0 Å². The van der Waals surface area contributed by atoms with Gasteiger partial charge in [-0.25, -0.2) is 4.98 Å². The van der Waals surface area contributed by atoms with E-state index >= 15 is 0 Å². The van der Waals surface area contributed by atoms with E-state index in [0.29, 0.717) is 17.3 Å². The maximum Gasteiger partial charge on any atom is 0.269 e. The number of pyridine rings is 1. The molecule has 1 aliphatic carbocycles. The Labute approximate surface area is 111 Å². The molecule has 1 heterocycles. The Kier molecular flexibility index (Phi) is 4.55. The van der Waals surface area contributed by atoms with Crippen LogP contribution in [0.2, 0.25) is 5.02 Å². The highest BCUT2D eigenvalue weighted by molar-refractivity contribution is 6.30. The number of hydrogen-bond acceptors (Lipinski definition) is 3. The molecular weight excluding hydrogens is 252 g/mol. The first-order valence-electron chi connectivity index (χ1n) is 6.24. The fourth-order valence-electron chi connectivity index (χ4n) is 2.25. The summed E-state index contributed by atoms with van der Waals surface area (Å²) in [4.78, 5) is 15.8. The van der Waals surface area contributed by atoms with Gasteiger partial charge in [-0.15, -0.1) is 0 Å². The predicted molar refractivity (Wildman–Crippen MR) is 69.5 cm³/mol. The average Bonchev–Trinajstić information content (AvgIpc) is 2.38. The van der Waals surface area contributed by atoms with Crippen molar-refractivity contribution in [1.82, 2.24) is 10.3 Å². The van der Waals surface area contributed by atoms with Gasteiger partial charge in [0.05, 0.1) is 11.1 Å². The molecule has 1 aliphatic rings. The zero-order valence-electron chi connectivity index (χ0n) is 10.1. The van der Waals surface area contributed by atoms with Gasteiger partial charge in [0, 0.05) is 18.7 Å². The van der Waals surface area contributed by atoms with Crippen molar-refractivity contribution < 1.29 is 9.90 Å². The highest BCUT2D eigenvalue weighted by Gasteiger charge is 2.23. The van der Waals surface area contributed by atoms with E-state index in [-0.39, 0.29) is 17.9 Å². The number of aliphatic hydroxyl groups excluding tert-OH is 1. The molecule has 0 radical (unpaired) electrons. The molecule has 2 N–H and O–H groups in total. The molecule has 1 aromatic heterocycles. The van der Waals surface area contributed by atoms with Crippen LogP contribution in [-0.4, -0.2) is 28.6 Å². The van der Waals surface area contributed by atoms with Crippen LogP contribution in [0.3, 0.4) is 0 Å². The minimum atomic E-state index is -0.294. The summed E-state index contributed by atoms with van der Waals surface area (Å²) in [5, 5.41) is 13.1. The topological polar surface area (TPSA) is 62.2 Å². The SMILES string of the molecule is O=C(NCC1CCCCC1O)c1ccc(Cl)cn1. The van der Waals surface area contributed by atoms with Crippen LogP contribution in [0.25, 0.3) is 0 Å². The summed E-state index contributed by atoms with van der Waals surface area (Å²) in [7, 11) is 0. The van der Waals surface area contributed by atoms with Crippen LogP contribution in [0.15, 0.2) is 18.3 Å². The van der Waals surface area contributed by atoms with Gasteiger partial charge in [-0.1, -0.05) is 24.4 Å². The van der Waals surface area contributed by atoms with Crippen LogP contribution in [0.5, 0.6) is 0 Å². The normalized spacial score (nSPS) is 23.7. The average molecular weight is 269 g/mol. The van der Waals surface area contributed by atoms with Crippen molar-refractivity contribution in [3.63, 3.8) is 0 Å². The quantitative estimate of drug-likeness (QED) is 0.882. The van der Waals surface area contributed by atoms with Crippen LogP contribution in [0.4, 0.5) is 0 Å². The zero-order valence-corrected chi connectivity index (χ0v) is 10.9. The van der Waals surface area contributed by atoms with Gasteiger partial charge in [0.15, 0.2) is 0 Å². The number of nitrogens with one attached hydrogen (secondary N) is 1. The third-order valence-corrected chi connectivity index (χ3v) is 3.58. The predicted octanol–water partition coefficient (Wildman–Crippen LogP) is 2.02. The third kappa shape index (κ3) is 3.43. The molecule has 5 heteroatoms. The summed E-state index contributed by atoms with van der Waals surface area (Å²) in [6, 6.07) is 3.23. The second-order valence-corrected chi connectivity index (χ2v) is 5.12. The maximum atomic E-state index is 11.8. The van der Waals surface area contributed by atoms with E-state index in [4.69, 9.17) is 11.6 Å². The van der Waals surface area contributed by atoms with E-state index in [9.17, 15) is 9.90 Å². The molecule has 0 bridgehead atoms. The smallest absolute Gasteiger partial charge is 0.269 e. The van der Waals surface area contributed by atoms with Crippen molar-refractivity contribution in [3.8, 4) is 0 Å². The Morgan fingerprint density at radius 2 is 2.22 bits per heavy atom. The molecule has 0 spiro atoms. The number of amides is 1. The summed E-state index contributed by atoms with van der Waals surface area (Å²) in [5.74, 6) is -0.0561. The molecule has 1 saturated carbocycles. The Balaban J connectivity index is 1.86. The van der Waals surface area contributed by atoms with Crippen LogP contribution in [0, 0.1) is 5.92 Å². The van der Waals surface area contributed by atoms with E-state index in [1.807, 2.05) is 0 Å². The fraction of sp³-hybridized carbons (Fsp3) is 0.538. The lowest BCUT2D eigenvalue weighted by molar-refractivity contribution is 0.0661. The zero-order chi connectivity index (χ0) is 13.0. The summed E-state index contributed by atoms with van der Waals surface area (Å²) in [6.07, 6.45) is 5.15. The third-order valence-electron chi connectivity index (χ3n) is 3.35. The monoisotopic (exact) mass is 268 g/mol. The highest BCUT2D eigenvalue weighted by atomic mass is 35.5. The Morgan fingerprint density at radius 1 is 1.44 bits per heavy atom. The molecular formula is C13H17ClN2O2. The van der Waals surface area contributed by atoms with Gasteiger partial charge in [0.25, 0.3) is 5.91 Å². The van der Waals surface area contributed by atoms with Gasteiger partial charge in [-0.3, -0.25) is 4.79 Å². The Hall–Kier alpha value is -1.13. The van der Waals surface area contributed by atoms with Gasteiger partial charge < -0.3 is 10.4 Å². The molecule has 0 aliphatic heterocycles. The van der Waals surface area contributed by atoms with Crippen molar-refractivity contribution >= 4 is 17.5 Å². The molecule has 2 unspecified atom stereocenters. The van der Waals surface area contributed by atoms with E-state index in [1.54, 1.807) is 12.1 Å². The second kappa shape index (κ2) is 6.16. The van der Waals surface area contributed by atoms with Crippen molar-refractivity contribution in [1.29, 1.82) is 0 Å². The lowest BCUT2D eigenvalue weighted by Gasteiger charge is -2.27. The highest BCUT2D eigenvalue weighted by Crippen LogP contribution is 2.23. The molecule has 18 heavy (non-hydrogen) atoms. The molecule has 2 atom stereocenters. The van der Waals surface area contributed by atoms with Crippen LogP contribution >= 0.6 is 11.6 Å². The van der Waals surface area contributed by atoms with Crippen LogP contribution < -0.4 is 5.32 Å². The first-order valence-corrected chi connectivity index (χ1v) is 6.62. The number of aromatic nitrogens is 1. The Morgan fingerprint density at radius 3 is 2.89 bits per heavy atom. The van der Waals surface area contributed by atoms with Crippen molar-refractivity contribution in [2.75, 3.05) is 6.54 Å². The number of halogens is 1. The van der Waals surface area contributed by atoms with Gasteiger partial charge >= 0.3 is 0 Å². The minimum Gasteiger partial charge on any atom is -0.393 e. The number of aliphatic hydroxyl groups is 1. The molecule has 98 valence electrons. The number of carbonyl (C=O) groups is 1. The van der Waals surface area contributed by atoms with Gasteiger partial charge in [0.2, 0.25) is 0 Å². The largest absolute Gasteiger partial charge is 0.393 e. The minimum absolute atomic E-state index is 0.162. The molecule has 0 aromatic carbocycles. The molecule has 1 fully saturated rings. The Bertz CT molecular complexity index is 408. The second-order valence-electron chi connectivity index (χ2n) is 4.68. The van der Waals surface area contributed by atoms with Gasteiger partial charge in [-0.2, -0.15) is 0 Å². The van der Waals surface area contributed by atoms with E-state index in [0.717, 1.165) is 25.7 Å². The molecule has 0 saturated heterocycles. The van der Waals surface area contributed by atoms with E-state index in [2.05, 4.69) is 10.3 Å². The molecule has 2 rings (SSSR count). The summed E-state index contributed by atoms with van der Waals surface area (Å²) < 4.78 is 0.